The molecule has 0 fully saturated rings. The summed E-state index contributed by atoms with van der Waals surface area (Å²) in [5.74, 6) is 0.505. The average molecular weight is 873 g/mol. The topological polar surface area (TPSA) is 38.4 Å². The van der Waals surface area contributed by atoms with E-state index < -0.39 is 0 Å². The second kappa shape index (κ2) is 17.1. The largest absolute Gasteiger partial charge is 0.383 e. The summed E-state index contributed by atoms with van der Waals surface area (Å²) in [5, 5.41) is 9.98. The molecule has 1 aliphatic carbocycles. The van der Waals surface area contributed by atoms with Crippen LogP contribution in [0.5, 0.6) is 0 Å². The molecule has 326 valence electrons. The van der Waals surface area contributed by atoms with Gasteiger partial charge in [-0.3, -0.25) is 0 Å². The molecule has 11 aromatic carbocycles. The molecule has 2 nitrogen and oxygen atoms in total. The smallest absolute Gasteiger partial charge is 0.131 e. The van der Waals surface area contributed by atoms with E-state index in [0.29, 0.717) is 5.84 Å². The first kappa shape index (κ1) is 42.3. The minimum atomic E-state index is -0.0403. The molecule has 0 spiro atoms. The quantitative estimate of drug-likeness (QED) is 0.0922. The second-order valence-corrected chi connectivity index (χ2v) is 18.6. The minimum Gasteiger partial charge on any atom is -0.383 e. The summed E-state index contributed by atoms with van der Waals surface area (Å²) in [7, 11) is 0. The fourth-order valence-corrected chi connectivity index (χ4v) is 10.6. The van der Waals surface area contributed by atoms with Crippen molar-refractivity contribution in [2.75, 3.05) is 0 Å². The molecular weight excluding hydrogens is 821 g/mol. The Labute approximate surface area is 399 Å². The van der Waals surface area contributed by atoms with E-state index >= 15 is 0 Å². The number of aliphatic imine (C=N–C) groups is 1. The number of fused-ring (bicyclic) bond motifs is 4. The molecule has 68 heavy (non-hydrogen) atoms. The number of hydrogen-bond donors (Lipinski definition) is 1. The number of nitrogens with two attached hydrogens (primary N) is 1. The molecule has 1 aliphatic rings. The van der Waals surface area contributed by atoms with Gasteiger partial charge in [0.05, 0.1) is 5.69 Å². The Morgan fingerprint density at radius 3 is 1.87 bits per heavy atom. The maximum atomic E-state index is 6.91. The van der Waals surface area contributed by atoms with Crippen molar-refractivity contribution in [3.05, 3.63) is 258 Å². The van der Waals surface area contributed by atoms with Gasteiger partial charge in [-0.15, -0.1) is 0 Å². The average Bonchev–Trinajstić information content (AvgIpc) is 3.61. The van der Waals surface area contributed by atoms with E-state index in [1.807, 2.05) is 18.2 Å². The van der Waals surface area contributed by atoms with Crippen LogP contribution in [0.15, 0.2) is 218 Å². The van der Waals surface area contributed by atoms with Crippen LogP contribution >= 0.6 is 0 Å². The van der Waals surface area contributed by atoms with Crippen LogP contribution < -0.4 is 5.73 Å². The molecule has 0 bridgehead atoms. The SMILES string of the molecule is C=Cc1cccc(C=C)c1C.CC1(C)c2ccccc2-c2ccc(-c3cccc(Cc4ccc5ccccc5c4N=C(N)c4ccc(-c5ccc6ccc7cccc8ccc5c6c78)cc4)c3)cc21. The van der Waals surface area contributed by atoms with Crippen LogP contribution in [0.4, 0.5) is 5.69 Å². The number of nitrogens with zero attached hydrogens (tertiary/aromatic N) is 1. The van der Waals surface area contributed by atoms with Crippen molar-refractivity contribution >= 4 is 66.8 Å². The summed E-state index contributed by atoms with van der Waals surface area (Å²) in [4.78, 5) is 5.21. The van der Waals surface area contributed by atoms with Gasteiger partial charge in [0.1, 0.15) is 5.84 Å². The summed E-state index contributed by atoms with van der Waals surface area (Å²) >= 11 is 0. The fraction of sp³-hybridized carbons (Fsp3) is 0.0758. The zero-order chi connectivity index (χ0) is 46.5. The van der Waals surface area contributed by atoms with Gasteiger partial charge in [-0.1, -0.05) is 233 Å². The van der Waals surface area contributed by atoms with Crippen LogP contribution in [-0.4, -0.2) is 5.84 Å². The normalized spacial score (nSPS) is 12.8. The molecule has 0 heterocycles. The van der Waals surface area contributed by atoms with Gasteiger partial charge in [0, 0.05) is 16.4 Å². The van der Waals surface area contributed by atoms with Crippen molar-refractivity contribution in [3.8, 4) is 33.4 Å². The van der Waals surface area contributed by atoms with Gasteiger partial charge in [0.25, 0.3) is 0 Å². The highest BCUT2D eigenvalue weighted by atomic mass is 14.9. The first-order valence-corrected chi connectivity index (χ1v) is 23.5. The minimum absolute atomic E-state index is 0.0403. The number of amidine groups is 1. The zero-order valence-corrected chi connectivity index (χ0v) is 38.9. The Kier molecular flexibility index (Phi) is 10.7. The lowest BCUT2D eigenvalue weighted by molar-refractivity contribution is 0.660. The van der Waals surface area contributed by atoms with E-state index in [1.54, 1.807) is 0 Å². The summed E-state index contributed by atoms with van der Waals surface area (Å²) in [6, 6.07) is 72.4. The van der Waals surface area contributed by atoms with Crippen molar-refractivity contribution in [3.63, 3.8) is 0 Å². The molecule has 0 unspecified atom stereocenters. The molecule has 0 aromatic heterocycles. The summed E-state index contributed by atoms with van der Waals surface area (Å²) in [6.07, 6.45) is 4.46. The van der Waals surface area contributed by atoms with E-state index in [9.17, 15) is 0 Å². The number of hydrogen-bond acceptors (Lipinski definition) is 1. The van der Waals surface area contributed by atoms with Gasteiger partial charge < -0.3 is 5.73 Å². The second-order valence-electron chi connectivity index (χ2n) is 18.6. The zero-order valence-electron chi connectivity index (χ0n) is 38.9. The van der Waals surface area contributed by atoms with Crippen LogP contribution in [0.2, 0.25) is 0 Å². The van der Waals surface area contributed by atoms with Crippen LogP contribution in [0.1, 0.15) is 58.4 Å². The third kappa shape index (κ3) is 7.36. The Hall–Kier alpha value is -8.33. The van der Waals surface area contributed by atoms with E-state index in [1.165, 1.54) is 93.5 Å². The summed E-state index contributed by atoms with van der Waals surface area (Å²) < 4.78 is 0. The highest BCUT2D eigenvalue weighted by Gasteiger charge is 2.35. The Balaban J connectivity index is 0.000000408. The van der Waals surface area contributed by atoms with E-state index in [2.05, 4.69) is 228 Å². The van der Waals surface area contributed by atoms with Crippen molar-refractivity contribution in [2.24, 2.45) is 10.7 Å². The molecule has 12 rings (SSSR count). The monoisotopic (exact) mass is 872 g/mol. The first-order chi connectivity index (χ1) is 33.2. The van der Waals surface area contributed by atoms with Gasteiger partial charge in [-0.05, 0) is 129 Å². The highest BCUT2D eigenvalue weighted by Crippen LogP contribution is 2.49. The number of rotatable bonds is 8. The van der Waals surface area contributed by atoms with Crippen LogP contribution in [0.3, 0.4) is 0 Å². The van der Waals surface area contributed by atoms with Gasteiger partial charge in [0.2, 0.25) is 0 Å². The lowest BCUT2D eigenvalue weighted by Gasteiger charge is -2.22. The van der Waals surface area contributed by atoms with Gasteiger partial charge >= 0.3 is 0 Å². The first-order valence-electron chi connectivity index (χ1n) is 23.5. The molecule has 0 saturated heterocycles. The molecule has 0 aliphatic heterocycles. The van der Waals surface area contributed by atoms with Crippen molar-refractivity contribution in [1.29, 1.82) is 0 Å². The standard InChI is InChI=1S/C55H40N2.C11H12/c1-55(2)49-16-6-5-15-46(49)47-29-27-42(33-50(47)55)41-13-7-9-34(31-41)32-43-24-19-35-10-3-4-14-45(35)53(43)57-54(56)40-22-17-36(18-23-40)44-28-25-39-21-20-37-11-8-12-38-26-30-48(44)52(39)51(37)38;1-4-10-7-6-8-11(5-2)9(10)3/h3-31,33H,32H2,1-2H3,(H2,56,57);4-8H,1-2H2,3H3. The molecule has 0 amide bonds. The molecule has 0 saturated carbocycles. The van der Waals surface area contributed by atoms with Gasteiger partial charge in [-0.2, -0.15) is 0 Å². The summed E-state index contributed by atoms with van der Waals surface area (Å²) in [6.45, 7) is 14.2. The van der Waals surface area contributed by atoms with E-state index in [0.717, 1.165) is 39.6 Å². The third-order valence-electron chi connectivity index (χ3n) is 14.3. The third-order valence-corrected chi connectivity index (χ3v) is 14.3. The van der Waals surface area contributed by atoms with Crippen LogP contribution in [0.25, 0.3) is 88.6 Å². The molecule has 0 radical (unpaired) electrons. The molecule has 11 aromatic rings. The van der Waals surface area contributed by atoms with Crippen LogP contribution in [0, 0.1) is 6.92 Å². The number of benzene rings is 11. The molecule has 2 N–H and O–H groups in total. The van der Waals surface area contributed by atoms with Gasteiger partial charge in [0.15, 0.2) is 0 Å². The van der Waals surface area contributed by atoms with E-state index in [-0.39, 0.29) is 5.41 Å². The predicted molar refractivity (Wildman–Crippen MR) is 294 cm³/mol. The van der Waals surface area contributed by atoms with Crippen molar-refractivity contribution < 1.29 is 0 Å². The summed E-state index contributed by atoms with van der Waals surface area (Å²) in [5.41, 5.74) is 25.0. The predicted octanol–water partition coefficient (Wildman–Crippen LogP) is 17.3. The Morgan fingerprint density at radius 1 is 0.500 bits per heavy atom. The lowest BCUT2D eigenvalue weighted by Crippen LogP contribution is -2.14. The molecule has 0 atom stereocenters. The fourth-order valence-electron chi connectivity index (χ4n) is 10.6. The Morgan fingerprint density at radius 2 is 1.09 bits per heavy atom. The highest BCUT2D eigenvalue weighted by molar-refractivity contribution is 6.25. The van der Waals surface area contributed by atoms with Crippen molar-refractivity contribution in [2.45, 2.75) is 32.6 Å². The maximum Gasteiger partial charge on any atom is 0.131 e. The lowest BCUT2D eigenvalue weighted by atomic mass is 9.81. The van der Waals surface area contributed by atoms with E-state index in [4.69, 9.17) is 10.7 Å². The molecular formula is C66H52N2. The Bertz CT molecular complexity index is 3750. The molecule has 2 heteroatoms. The maximum absolute atomic E-state index is 6.91. The van der Waals surface area contributed by atoms with Gasteiger partial charge in [-0.25, -0.2) is 4.99 Å². The van der Waals surface area contributed by atoms with Crippen molar-refractivity contribution in [1.82, 2.24) is 0 Å². The van der Waals surface area contributed by atoms with Crippen LogP contribution in [-0.2, 0) is 11.8 Å².